The fourth-order valence-electron chi connectivity index (χ4n) is 3.09. The molecule has 1 aliphatic heterocycles. The van der Waals surface area contributed by atoms with Crippen molar-refractivity contribution in [3.63, 3.8) is 0 Å². The highest BCUT2D eigenvalue weighted by Crippen LogP contribution is 2.27. The first-order valence-corrected chi connectivity index (χ1v) is 8.46. The summed E-state index contributed by atoms with van der Waals surface area (Å²) < 4.78 is 0. The van der Waals surface area contributed by atoms with E-state index in [1.54, 1.807) is 24.3 Å². The van der Waals surface area contributed by atoms with Gasteiger partial charge in [-0.3, -0.25) is 9.69 Å². The smallest absolute Gasteiger partial charge is 0.225 e. The van der Waals surface area contributed by atoms with Crippen LogP contribution in [0.3, 0.4) is 0 Å². The van der Waals surface area contributed by atoms with Gasteiger partial charge in [-0.15, -0.1) is 0 Å². The highest BCUT2D eigenvalue weighted by Gasteiger charge is 2.31. The normalized spacial score (nSPS) is 21.5. The number of carbonyl (C=O) groups excluding carboxylic acids is 1. The van der Waals surface area contributed by atoms with Crippen molar-refractivity contribution in [3.8, 4) is 0 Å². The minimum Gasteiger partial charge on any atom is -0.388 e. The van der Waals surface area contributed by atoms with Gasteiger partial charge in [0.15, 0.2) is 0 Å². The summed E-state index contributed by atoms with van der Waals surface area (Å²) in [6.07, 6.45) is 3.03. The third-order valence-electron chi connectivity index (χ3n) is 4.57. The van der Waals surface area contributed by atoms with E-state index in [-0.39, 0.29) is 12.3 Å². The predicted octanol–water partition coefficient (Wildman–Crippen LogP) is 2.46. The number of rotatable bonds is 4. The minimum atomic E-state index is -0.757. The average molecular weight is 323 g/mol. The molecule has 0 radical (unpaired) electrons. The molecule has 2 aliphatic rings. The van der Waals surface area contributed by atoms with Gasteiger partial charge >= 0.3 is 0 Å². The van der Waals surface area contributed by atoms with E-state index in [2.05, 4.69) is 4.90 Å². The summed E-state index contributed by atoms with van der Waals surface area (Å²) in [5.74, 6) is 0.0418. The van der Waals surface area contributed by atoms with Gasteiger partial charge in [-0.2, -0.15) is 0 Å². The molecule has 0 spiro atoms. The average Bonchev–Trinajstić information content (AvgIpc) is 3.33. The van der Waals surface area contributed by atoms with Gasteiger partial charge in [0, 0.05) is 37.2 Å². The van der Waals surface area contributed by atoms with E-state index in [0.717, 1.165) is 44.2 Å². The molecule has 5 heteroatoms. The fraction of sp³-hybridized carbons (Fsp3) is 0.588. The van der Waals surface area contributed by atoms with Crippen LogP contribution in [0.1, 0.15) is 37.4 Å². The number of hydrogen-bond acceptors (Lipinski definition) is 3. The molecule has 1 atom stereocenters. The number of halogens is 1. The molecule has 1 heterocycles. The zero-order valence-electron chi connectivity index (χ0n) is 12.7. The molecule has 1 saturated heterocycles. The minimum absolute atomic E-state index is 0.0418. The lowest BCUT2D eigenvalue weighted by Gasteiger charge is -2.23. The molecule has 1 aliphatic carbocycles. The van der Waals surface area contributed by atoms with E-state index in [9.17, 15) is 9.90 Å². The largest absolute Gasteiger partial charge is 0.388 e. The van der Waals surface area contributed by atoms with Crippen LogP contribution in [0.15, 0.2) is 24.3 Å². The molecule has 4 nitrogen and oxygen atoms in total. The van der Waals surface area contributed by atoms with E-state index in [0.29, 0.717) is 5.02 Å². The molecule has 22 heavy (non-hydrogen) atoms. The van der Waals surface area contributed by atoms with Crippen LogP contribution < -0.4 is 0 Å². The Kier molecular flexibility index (Phi) is 5.01. The lowest BCUT2D eigenvalue weighted by atomic mass is 10.1. The standard InChI is InChI=1S/C17H23ClN2O2/c18-14-4-2-13(3-5-14)16(21)12-17(22)20-9-1-8-19(10-11-20)15-6-7-15/h2-5,15-16,21H,1,6-12H2. The monoisotopic (exact) mass is 322 g/mol. The van der Waals surface area contributed by atoms with Crippen LogP contribution in [0.25, 0.3) is 0 Å². The lowest BCUT2D eigenvalue weighted by Crippen LogP contribution is -2.36. The number of amides is 1. The summed E-state index contributed by atoms with van der Waals surface area (Å²) in [4.78, 5) is 16.8. The molecule has 1 aromatic carbocycles. The predicted molar refractivity (Wildman–Crippen MR) is 86.8 cm³/mol. The second-order valence-electron chi connectivity index (χ2n) is 6.27. The molecule has 1 N–H and O–H groups in total. The maximum atomic E-state index is 12.4. The molecule has 3 rings (SSSR count). The van der Waals surface area contributed by atoms with E-state index in [1.807, 2.05) is 4.90 Å². The molecule has 1 amide bonds. The number of nitrogens with zero attached hydrogens (tertiary/aromatic N) is 2. The number of benzene rings is 1. The molecule has 1 aromatic rings. The first-order valence-electron chi connectivity index (χ1n) is 8.09. The maximum Gasteiger partial charge on any atom is 0.225 e. The Balaban J connectivity index is 1.53. The van der Waals surface area contributed by atoms with Gasteiger partial charge in [0.1, 0.15) is 0 Å². The van der Waals surface area contributed by atoms with Gasteiger partial charge in [0.2, 0.25) is 5.91 Å². The molecule has 120 valence electrons. The fourth-order valence-corrected chi connectivity index (χ4v) is 3.21. The summed E-state index contributed by atoms with van der Waals surface area (Å²) >= 11 is 5.84. The van der Waals surface area contributed by atoms with Crippen molar-refractivity contribution >= 4 is 17.5 Å². The van der Waals surface area contributed by atoms with Gasteiger partial charge in [0.25, 0.3) is 0 Å². The molecule has 1 unspecified atom stereocenters. The van der Waals surface area contributed by atoms with Crippen molar-refractivity contribution in [3.05, 3.63) is 34.9 Å². The van der Waals surface area contributed by atoms with Gasteiger partial charge in [-0.25, -0.2) is 0 Å². The van der Waals surface area contributed by atoms with Gasteiger partial charge in [0.05, 0.1) is 12.5 Å². The maximum absolute atomic E-state index is 12.4. The van der Waals surface area contributed by atoms with Crippen molar-refractivity contribution < 1.29 is 9.90 Å². The number of carbonyl (C=O) groups is 1. The number of aliphatic hydroxyl groups is 1. The Labute approximate surface area is 136 Å². The molecule has 2 fully saturated rings. The Hall–Kier alpha value is -1.10. The van der Waals surface area contributed by atoms with Crippen molar-refractivity contribution in [2.75, 3.05) is 26.2 Å². The van der Waals surface area contributed by atoms with Crippen molar-refractivity contribution in [1.82, 2.24) is 9.80 Å². The lowest BCUT2D eigenvalue weighted by molar-refractivity contribution is -0.133. The third kappa shape index (κ3) is 4.00. The second kappa shape index (κ2) is 6.99. The Bertz CT molecular complexity index is 516. The van der Waals surface area contributed by atoms with Crippen LogP contribution in [0.2, 0.25) is 5.02 Å². The van der Waals surface area contributed by atoms with E-state index < -0.39 is 6.10 Å². The zero-order valence-corrected chi connectivity index (χ0v) is 13.5. The van der Waals surface area contributed by atoms with Crippen LogP contribution in [-0.2, 0) is 4.79 Å². The van der Waals surface area contributed by atoms with Crippen LogP contribution in [-0.4, -0.2) is 53.0 Å². The molecular weight excluding hydrogens is 300 g/mol. The van der Waals surface area contributed by atoms with E-state index in [4.69, 9.17) is 11.6 Å². The molecular formula is C17H23ClN2O2. The Morgan fingerprint density at radius 3 is 2.59 bits per heavy atom. The third-order valence-corrected chi connectivity index (χ3v) is 4.82. The molecule has 0 bridgehead atoms. The number of aliphatic hydroxyl groups excluding tert-OH is 1. The van der Waals surface area contributed by atoms with Crippen molar-refractivity contribution in [2.24, 2.45) is 0 Å². The van der Waals surface area contributed by atoms with Gasteiger partial charge < -0.3 is 10.0 Å². The van der Waals surface area contributed by atoms with E-state index >= 15 is 0 Å². The Morgan fingerprint density at radius 1 is 1.18 bits per heavy atom. The SMILES string of the molecule is O=C(CC(O)c1ccc(Cl)cc1)N1CCCN(C2CC2)CC1. The van der Waals surface area contributed by atoms with Gasteiger partial charge in [-0.05, 0) is 37.0 Å². The molecule has 1 saturated carbocycles. The summed E-state index contributed by atoms with van der Waals surface area (Å²) in [6, 6.07) is 7.79. The topological polar surface area (TPSA) is 43.8 Å². The quantitative estimate of drug-likeness (QED) is 0.926. The Morgan fingerprint density at radius 2 is 1.91 bits per heavy atom. The summed E-state index contributed by atoms with van der Waals surface area (Å²) in [7, 11) is 0. The van der Waals surface area contributed by atoms with E-state index in [1.165, 1.54) is 12.8 Å². The van der Waals surface area contributed by atoms with Crippen LogP contribution in [0, 0.1) is 0 Å². The highest BCUT2D eigenvalue weighted by atomic mass is 35.5. The van der Waals surface area contributed by atoms with Crippen molar-refractivity contribution in [2.45, 2.75) is 37.8 Å². The van der Waals surface area contributed by atoms with Gasteiger partial charge in [-0.1, -0.05) is 23.7 Å². The first-order chi connectivity index (χ1) is 10.6. The van der Waals surface area contributed by atoms with Crippen LogP contribution in [0.5, 0.6) is 0 Å². The van der Waals surface area contributed by atoms with Crippen molar-refractivity contribution in [1.29, 1.82) is 0 Å². The van der Waals surface area contributed by atoms with Crippen LogP contribution >= 0.6 is 11.6 Å². The summed E-state index contributed by atoms with van der Waals surface area (Å²) in [5, 5.41) is 10.9. The number of hydrogen-bond donors (Lipinski definition) is 1. The zero-order chi connectivity index (χ0) is 15.5. The highest BCUT2D eigenvalue weighted by molar-refractivity contribution is 6.30. The summed E-state index contributed by atoms with van der Waals surface area (Å²) in [6.45, 7) is 3.64. The molecule has 0 aromatic heterocycles. The second-order valence-corrected chi connectivity index (χ2v) is 6.71. The summed E-state index contributed by atoms with van der Waals surface area (Å²) in [5.41, 5.74) is 0.743. The first kappa shape index (κ1) is 15.8. The van der Waals surface area contributed by atoms with Crippen LogP contribution in [0.4, 0.5) is 0 Å².